The van der Waals surface area contributed by atoms with Crippen LogP contribution in [-0.4, -0.2) is 46.5 Å². The molecule has 0 aliphatic carbocycles. The summed E-state index contributed by atoms with van der Waals surface area (Å²) in [6.07, 6.45) is -0.156. The maximum atomic E-state index is 11.3. The zero-order valence-electron chi connectivity index (χ0n) is 9.62. The summed E-state index contributed by atoms with van der Waals surface area (Å²) in [5, 5.41) is 19.4. The van der Waals surface area contributed by atoms with Crippen LogP contribution in [0.15, 0.2) is 0 Å². The summed E-state index contributed by atoms with van der Waals surface area (Å²) in [7, 11) is 0. The molecule has 0 saturated heterocycles. The third kappa shape index (κ3) is 4.47. The van der Waals surface area contributed by atoms with Gasteiger partial charge in [0.15, 0.2) is 0 Å². The maximum Gasteiger partial charge on any atom is 0.327 e. The van der Waals surface area contributed by atoms with Crippen LogP contribution < -0.4 is 16.5 Å². The molecule has 0 fully saturated rings. The van der Waals surface area contributed by atoms with Gasteiger partial charge in [-0.05, 0) is 6.92 Å². The van der Waals surface area contributed by atoms with E-state index in [4.69, 9.17) is 16.0 Å². The molecule has 18 heavy (non-hydrogen) atoms. The van der Waals surface area contributed by atoms with E-state index in [0.717, 1.165) is 0 Å². The zero-order valence-corrected chi connectivity index (χ0v) is 9.62. The Kier molecular flexibility index (Phi) is 6.53. The van der Waals surface area contributed by atoms with E-state index in [0.29, 0.717) is 6.29 Å². The molecule has 102 valence electrons. The van der Waals surface area contributed by atoms with Crippen LogP contribution in [0.4, 0.5) is 0 Å². The number of carbonyl (C=O) groups excluding carboxylic acids is 3. The van der Waals surface area contributed by atoms with Gasteiger partial charge in [0.25, 0.3) is 0 Å². The van der Waals surface area contributed by atoms with Gasteiger partial charge in [0, 0.05) is 6.42 Å². The monoisotopic (exact) mass is 261 g/mol. The number of rotatable bonds is 7. The summed E-state index contributed by atoms with van der Waals surface area (Å²) >= 11 is 0. The lowest BCUT2D eigenvalue weighted by molar-refractivity contribution is -0.148. The summed E-state index contributed by atoms with van der Waals surface area (Å²) in [4.78, 5) is 43.9. The second-order valence-electron chi connectivity index (χ2n) is 3.60. The molecular formula is C9H15N3O6. The molecule has 0 radical (unpaired) electrons. The Labute approximate surface area is 102 Å². The molecule has 0 aromatic rings. The Morgan fingerprint density at radius 1 is 1.33 bits per heavy atom. The molecule has 0 rings (SSSR count). The van der Waals surface area contributed by atoms with Gasteiger partial charge < -0.3 is 21.0 Å². The second-order valence-corrected chi connectivity index (χ2v) is 3.60. The van der Waals surface area contributed by atoms with E-state index < -0.39 is 42.2 Å². The van der Waals surface area contributed by atoms with Gasteiger partial charge in [-0.15, -0.1) is 0 Å². The maximum absolute atomic E-state index is 11.3. The molecule has 0 bridgehead atoms. The Balaban J connectivity index is 5.03. The van der Waals surface area contributed by atoms with Crippen LogP contribution in [0.5, 0.6) is 0 Å². The number of carboxylic acid groups (broad SMARTS) is 1. The molecule has 0 aliphatic rings. The van der Waals surface area contributed by atoms with E-state index in [9.17, 15) is 19.2 Å². The first kappa shape index (κ1) is 16.0. The molecule has 0 spiro atoms. The number of amides is 2. The third-order valence-electron chi connectivity index (χ3n) is 2.18. The predicted octanol–water partition coefficient (Wildman–Crippen LogP) is -2.39. The molecule has 0 aromatic heterocycles. The molecule has 0 saturated carbocycles. The number of hydrogen-bond acceptors (Lipinski definition) is 6. The van der Waals surface area contributed by atoms with Gasteiger partial charge in [-0.25, -0.2) is 10.3 Å². The minimum atomic E-state index is -1.65. The Morgan fingerprint density at radius 2 is 1.89 bits per heavy atom. The largest absolute Gasteiger partial charge is 0.480 e. The highest BCUT2D eigenvalue weighted by Gasteiger charge is 2.35. The zero-order chi connectivity index (χ0) is 14.3. The van der Waals surface area contributed by atoms with Crippen LogP contribution in [0.25, 0.3) is 0 Å². The summed E-state index contributed by atoms with van der Waals surface area (Å²) in [6.45, 7) is 1.33. The van der Waals surface area contributed by atoms with Crippen molar-refractivity contribution in [1.29, 1.82) is 0 Å². The van der Waals surface area contributed by atoms with E-state index in [2.05, 4.69) is 0 Å². The van der Waals surface area contributed by atoms with Crippen LogP contribution >= 0.6 is 0 Å². The quantitative estimate of drug-likeness (QED) is 0.194. The van der Waals surface area contributed by atoms with Gasteiger partial charge in [-0.2, -0.15) is 0 Å². The molecular weight excluding hydrogens is 246 g/mol. The van der Waals surface area contributed by atoms with Crippen LogP contribution in [0, 0.1) is 5.92 Å². The predicted molar refractivity (Wildman–Crippen MR) is 57.3 cm³/mol. The lowest BCUT2D eigenvalue weighted by Gasteiger charge is -2.22. The van der Waals surface area contributed by atoms with E-state index in [1.165, 1.54) is 12.4 Å². The van der Waals surface area contributed by atoms with E-state index in [1.54, 1.807) is 0 Å². The van der Waals surface area contributed by atoms with Gasteiger partial charge in [0.2, 0.25) is 11.8 Å². The van der Waals surface area contributed by atoms with Crippen LogP contribution in [0.3, 0.4) is 0 Å². The molecule has 0 aliphatic heterocycles. The van der Waals surface area contributed by atoms with Crippen molar-refractivity contribution in [2.24, 2.45) is 11.7 Å². The fraction of sp³-hybridized carbons (Fsp3) is 0.556. The Bertz CT molecular complexity index is 343. The van der Waals surface area contributed by atoms with Gasteiger partial charge in [0.1, 0.15) is 12.3 Å². The van der Waals surface area contributed by atoms with Crippen LogP contribution in [0.1, 0.15) is 13.3 Å². The number of aliphatic carboxylic acids is 1. The van der Waals surface area contributed by atoms with Crippen molar-refractivity contribution in [2.75, 3.05) is 0 Å². The fourth-order valence-corrected chi connectivity index (χ4v) is 1.20. The number of carboxylic acids is 1. The van der Waals surface area contributed by atoms with Crippen LogP contribution in [0.2, 0.25) is 0 Å². The number of hydrogen-bond donors (Lipinski definition) is 5. The van der Waals surface area contributed by atoms with Crippen molar-refractivity contribution in [3.05, 3.63) is 0 Å². The normalized spacial score (nSPS) is 15.1. The summed E-state index contributed by atoms with van der Waals surface area (Å²) in [5.74, 6) is -4.81. The highest BCUT2D eigenvalue weighted by Crippen LogP contribution is 2.09. The van der Waals surface area contributed by atoms with Crippen molar-refractivity contribution in [3.63, 3.8) is 0 Å². The summed E-state index contributed by atoms with van der Waals surface area (Å²) in [5.41, 5.74) is 6.49. The molecule has 6 N–H and O–H groups in total. The van der Waals surface area contributed by atoms with Crippen molar-refractivity contribution in [1.82, 2.24) is 10.8 Å². The van der Waals surface area contributed by atoms with Gasteiger partial charge in [-0.3, -0.25) is 14.8 Å². The minimum Gasteiger partial charge on any atom is -0.480 e. The molecule has 0 heterocycles. The van der Waals surface area contributed by atoms with E-state index in [-0.39, 0.29) is 0 Å². The lowest BCUT2D eigenvalue weighted by Crippen LogP contribution is -2.54. The number of hydroxylamine groups is 1. The fourth-order valence-electron chi connectivity index (χ4n) is 1.20. The minimum absolute atomic E-state index is 0.313. The number of nitrogens with one attached hydrogen (secondary N) is 2. The molecule has 9 heteroatoms. The van der Waals surface area contributed by atoms with E-state index in [1.807, 2.05) is 5.32 Å². The Hall–Kier alpha value is -2.00. The number of aldehydes is 1. The first-order valence-corrected chi connectivity index (χ1v) is 5.01. The average molecular weight is 261 g/mol. The van der Waals surface area contributed by atoms with Crippen molar-refractivity contribution < 1.29 is 29.5 Å². The van der Waals surface area contributed by atoms with Crippen LogP contribution in [-0.2, 0) is 19.2 Å². The highest BCUT2D eigenvalue weighted by molar-refractivity contribution is 5.92. The topological polar surface area (TPSA) is 159 Å². The molecule has 9 nitrogen and oxygen atoms in total. The van der Waals surface area contributed by atoms with Crippen molar-refractivity contribution in [3.8, 4) is 0 Å². The third-order valence-corrected chi connectivity index (χ3v) is 2.18. The summed E-state index contributed by atoms with van der Waals surface area (Å²) in [6, 6.07) is -2.62. The van der Waals surface area contributed by atoms with Crippen molar-refractivity contribution in [2.45, 2.75) is 25.4 Å². The van der Waals surface area contributed by atoms with Gasteiger partial charge >= 0.3 is 5.97 Å². The van der Waals surface area contributed by atoms with Gasteiger partial charge in [-0.1, -0.05) is 0 Å². The first-order chi connectivity index (χ1) is 8.34. The lowest BCUT2D eigenvalue weighted by atomic mass is 9.95. The standard InChI is InChI=1S/C9H15N3O6/c1-4(10)7(14)11-6(9(16)17)5(2-3-13)8(15)12-18/h3-6,18H,2,10H2,1H3,(H,11,14)(H,12,15)(H,16,17)/t4-,5?,6-/m0/s1. The molecule has 3 atom stereocenters. The number of nitrogens with two attached hydrogens (primary N) is 1. The smallest absolute Gasteiger partial charge is 0.327 e. The molecule has 2 amide bonds. The van der Waals surface area contributed by atoms with Gasteiger partial charge in [0.05, 0.1) is 12.0 Å². The highest BCUT2D eigenvalue weighted by atomic mass is 16.5. The average Bonchev–Trinajstić information content (AvgIpc) is 2.31. The summed E-state index contributed by atoms with van der Waals surface area (Å²) < 4.78 is 0. The molecule has 0 aromatic carbocycles. The SMILES string of the molecule is C[C@H](N)C(=O)N[C@H](C(=O)O)C(CC=O)C(=O)NO. The van der Waals surface area contributed by atoms with E-state index >= 15 is 0 Å². The van der Waals surface area contributed by atoms with Crippen molar-refractivity contribution >= 4 is 24.1 Å². The first-order valence-electron chi connectivity index (χ1n) is 5.01. The second kappa shape index (κ2) is 7.35. The Morgan fingerprint density at radius 3 is 2.22 bits per heavy atom. The molecule has 1 unspecified atom stereocenters. The number of carbonyl (C=O) groups is 4.